The number of nitrogens with zero attached hydrogens (tertiary/aromatic N) is 1. The number of anilines is 1. The van der Waals surface area contributed by atoms with Crippen LogP contribution in [0.2, 0.25) is 0 Å². The molecular formula is C18H22N2O4. The molecule has 128 valence electrons. The topological polar surface area (TPSA) is 81.4 Å². The van der Waals surface area contributed by atoms with Gasteiger partial charge in [-0.05, 0) is 52.7 Å². The van der Waals surface area contributed by atoms with Gasteiger partial charge in [0.1, 0.15) is 11.3 Å². The Labute approximate surface area is 141 Å². The number of rotatable bonds is 4. The molecule has 0 saturated heterocycles. The van der Waals surface area contributed by atoms with E-state index in [1.54, 1.807) is 13.8 Å². The summed E-state index contributed by atoms with van der Waals surface area (Å²) in [6.45, 7) is 10.7. The normalized spacial score (nSPS) is 11.9. The maximum atomic E-state index is 12.3. The molecule has 0 bridgehead atoms. The van der Waals surface area contributed by atoms with Gasteiger partial charge in [-0.1, -0.05) is 22.9 Å². The van der Waals surface area contributed by atoms with Crippen molar-refractivity contribution in [3.63, 3.8) is 0 Å². The Morgan fingerprint density at radius 2 is 1.71 bits per heavy atom. The Morgan fingerprint density at radius 3 is 2.21 bits per heavy atom. The lowest BCUT2D eigenvalue weighted by molar-refractivity contribution is -0.123. The highest BCUT2D eigenvalue weighted by Gasteiger charge is 2.24. The summed E-state index contributed by atoms with van der Waals surface area (Å²) in [6.07, 6.45) is -0.939. The molecule has 0 aliphatic rings. The lowest BCUT2D eigenvalue weighted by Gasteiger charge is -2.16. The van der Waals surface area contributed by atoms with E-state index < -0.39 is 12.1 Å². The number of hydrogen-bond acceptors (Lipinski definition) is 5. The second kappa shape index (κ2) is 6.86. The van der Waals surface area contributed by atoms with Gasteiger partial charge < -0.3 is 14.6 Å². The zero-order valence-electron chi connectivity index (χ0n) is 14.8. The number of nitrogens with one attached hydrogen (secondary N) is 1. The van der Waals surface area contributed by atoms with Crippen molar-refractivity contribution in [1.82, 2.24) is 5.16 Å². The van der Waals surface area contributed by atoms with Gasteiger partial charge in [0.15, 0.2) is 6.10 Å². The first kappa shape index (κ1) is 17.7. The molecule has 1 heterocycles. The molecule has 0 spiro atoms. The maximum Gasteiger partial charge on any atom is 0.344 e. The van der Waals surface area contributed by atoms with Crippen LogP contribution in [-0.2, 0) is 9.53 Å². The van der Waals surface area contributed by atoms with E-state index in [2.05, 4.69) is 10.5 Å². The molecule has 0 fully saturated rings. The van der Waals surface area contributed by atoms with E-state index in [1.807, 2.05) is 32.9 Å². The summed E-state index contributed by atoms with van der Waals surface area (Å²) in [5.41, 5.74) is 4.49. The predicted octanol–water partition coefficient (Wildman–Crippen LogP) is 3.40. The predicted molar refractivity (Wildman–Crippen MR) is 90.1 cm³/mol. The first-order valence-corrected chi connectivity index (χ1v) is 7.73. The number of carbonyl (C=O) groups excluding carboxylic acids is 2. The number of benzene rings is 1. The molecule has 1 aromatic heterocycles. The van der Waals surface area contributed by atoms with Crippen molar-refractivity contribution >= 4 is 17.6 Å². The minimum atomic E-state index is -0.939. The molecule has 6 heteroatoms. The van der Waals surface area contributed by atoms with E-state index in [9.17, 15) is 9.59 Å². The third-order valence-corrected chi connectivity index (χ3v) is 3.82. The van der Waals surface area contributed by atoms with Crippen LogP contribution in [0.4, 0.5) is 5.69 Å². The van der Waals surface area contributed by atoms with Crippen molar-refractivity contribution in [3.05, 3.63) is 45.8 Å². The summed E-state index contributed by atoms with van der Waals surface area (Å²) in [4.78, 5) is 24.5. The Morgan fingerprint density at radius 1 is 1.12 bits per heavy atom. The first-order chi connectivity index (χ1) is 11.2. The van der Waals surface area contributed by atoms with Crippen LogP contribution in [0.1, 0.15) is 45.4 Å². The van der Waals surface area contributed by atoms with Gasteiger partial charge in [-0.2, -0.15) is 0 Å². The highest BCUT2D eigenvalue weighted by atomic mass is 16.5. The molecule has 24 heavy (non-hydrogen) atoms. The Balaban J connectivity index is 2.09. The smallest absolute Gasteiger partial charge is 0.344 e. The van der Waals surface area contributed by atoms with Gasteiger partial charge in [0.25, 0.3) is 5.91 Å². The van der Waals surface area contributed by atoms with Gasteiger partial charge in [0.05, 0.1) is 5.69 Å². The van der Waals surface area contributed by atoms with E-state index in [0.29, 0.717) is 11.5 Å². The van der Waals surface area contributed by atoms with E-state index in [4.69, 9.17) is 9.26 Å². The Kier molecular flexibility index (Phi) is 5.07. The summed E-state index contributed by atoms with van der Waals surface area (Å²) < 4.78 is 10.2. The standard InChI is InChI=1S/C18H22N2O4/c1-9-7-10(2)16(11(3)8-9)19-17(21)14(6)23-18(22)15-12(4)20-24-13(15)5/h7-8,14H,1-6H3,(H,19,21)/t14-/m1/s1. The second-order valence-electron chi connectivity index (χ2n) is 6.01. The monoisotopic (exact) mass is 330 g/mol. The zero-order chi connectivity index (χ0) is 18.0. The molecule has 0 aliphatic heterocycles. The average Bonchev–Trinajstić information content (AvgIpc) is 2.81. The largest absolute Gasteiger partial charge is 0.449 e. The van der Waals surface area contributed by atoms with Crippen molar-refractivity contribution in [2.24, 2.45) is 0 Å². The van der Waals surface area contributed by atoms with E-state index in [0.717, 1.165) is 22.4 Å². The number of carbonyl (C=O) groups is 2. The van der Waals surface area contributed by atoms with Crippen LogP contribution >= 0.6 is 0 Å². The molecule has 1 amide bonds. The summed E-state index contributed by atoms with van der Waals surface area (Å²) in [6, 6.07) is 3.98. The molecule has 0 saturated carbocycles. The minimum absolute atomic E-state index is 0.261. The van der Waals surface area contributed by atoms with Crippen molar-refractivity contribution in [2.75, 3.05) is 5.32 Å². The van der Waals surface area contributed by atoms with Crippen LogP contribution < -0.4 is 5.32 Å². The molecule has 2 aromatic rings. The summed E-state index contributed by atoms with van der Waals surface area (Å²) in [5.74, 6) is -0.633. The molecule has 1 atom stereocenters. The van der Waals surface area contributed by atoms with Gasteiger partial charge in [-0.25, -0.2) is 4.79 Å². The van der Waals surface area contributed by atoms with Crippen molar-refractivity contribution < 1.29 is 18.8 Å². The average molecular weight is 330 g/mol. The first-order valence-electron chi connectivity index (χ1n) is 7.73. The highest BCUT2D eigenvalue weighted by molar-refractivity contribution is 5.98. The summed E-state index contributed by atoms with van der Waals surface area (Å²) in [7, 11) is 0. The number of aryl methyl sites for hydroxylation is 5. The molecule has 0 aliphatic carbocycles. The van der Waals surface area contributed by atoms with E-state index in [1.165, 1.54) is 6.92 Å². The van der Waals surface area contributed by atoms with Gasteiger partial charge in [-0.3, -0.25) is 4.79 Å². The van der Waals surface area contributed by atoms with Crippen molar-refractivity contribution in [3.8, 4) is 0 Å². The lowest BCUT2D eigenvalue weighted by atomic mass is 10.0. The molecule has 2 rings (SSSR count). The fourth-order valence-electron chi connectivity index (χ4n) is 2.65. The van der Waals surface area contributed by atoms with Crippen LogP contribution in [0.15, 0.2) is 16.7 Å². The molecule has 0 unspecified atom stereocenters. The fourth-order valence-corrected chi connectivity index (χ4v) is 2.65. The number of hydrogen-bond donors (Lipinski definition) is 1. The van der Waals surface area contributed by atoms with E-state index in [-0.39, 0.29) is 11.5 Å². The Hall–Kier alpha value is -2.63. The molecule has 1 aromatic carbocycles. The van der Waals surface area contributed by atoms with Gasteiger partial charge in [0.2, 0.25) is 0 Å². The molecular weight excluding hydrogens is 308 g/mol. The van der Waals surface area contributed by atoms with Gasteiger partial charge in [0, 0.05) is 5.69 Å². The van der Waals surface area contributed by atoms with Crippen LogP contribution in [0.3, 0.4) is 0 Å². The number of ether oxygens (including phenoxy) is 1. The number of esters is 1. The van der Waals surface area contributed by atoms with Crippen molar-refractivity contribution in [2.45, 2.75) is 47.6 Å². The summed E-state index contributed by atoms with van der Waals surface area (Å²) in [5, 5.41) is 6.54. The van der Waals surface area contributed by atoms with Crippen LogP contribution in [-0.4, -0.2) is 23.1 Å². The third-order valence-electron chi connectivity index (χ3n) is 3.82. The van der Waals surface area contributed by atoms with Crippen LogP contribution in [0, 0.1) is 34.6 Å². The second-order valence-corrected chi connectivity index (χ2v) is 6.01. The third kappa shape index (κ3) is 3.64. The molecule has 1 N–H and O–H groups in total. The lowest BCUT2D eigenvalue weighted by Crippen LogP contribution is -2.30. The number of aromatic nitrogens is 1. The maximum absolute atomic E-state index is 12.3. The SMILES string of the molecule is Cc1cc(C)c(NC(=O)[C@@H](C)OC(=O)c2c(C)noc2C)c(C)c1. The fraction of sp³-hybridized carbons (Fsp3) is 0.389. The quantitative estimate of drug-likeness (QED) is 0.869. The van der Waals surface area contributed by atoms with Crippen LogP contribution in [0.25, 0.3) is 0 Å². The number of amides is 1. The van der Waals surface area contributed by atoms with Crippen molar-refractivity contribution in [1.29, 1.82) is 0 Å². The molecule has 6 nitrogen and oxygen atoms in total. The minimum Gasteiger partial charge on any atom is -0.449 e. The summed E-state index contributed by atoms with van der Waals surface area (Å²) >= 11 is 0. The van der Waals surface area contributed by atoms with Gasteiger partial charge in [-0.15, -0.1) is 0 Å². The van der Waals surface area contributed by atoms with E-state index >= 15 is 0 Å². The van der Waals surface area contributed by atoms with Crippen LogP contribution in [0.5, 0.6) is 0 Å². The molecule has 0 radical (unpaired) electrons. The Bertz CT molecular complexity index is 750. The zero-order valence-corrected chi connectivity index (χ0v) is 14.8. The van der Waals surface area contributed by atoms with Gasteiger partial charge >= 0.3 is 5.97 Å². The highest BCUT2D eigenvalue weighted by Crippen LogP contribution is 2.22.